The van der Waals surface area contributed by atoms with E-state index in [4.69, 9.17) is 9.47 Å². The van der Waals surface area contributed by atoms with Crippen molar-refractivity contribution in [3.05, 3.63) is 45.0 Å². The van der Waals surface area contributed by atoms with Crippen molar-refractivity contribution >= 4 is 22.9 Å². The first-order chi connectivity index (χ1) is 11.6. The molecule has 1 aliphatic rings. The Morgan fingerprint density at radius 3 is 3.08 bits per heavy atom. The highest BCUT2D eigenvalue weighted by molar-refractivity contribution is 7.07. The van der Waals surface area contributed by atoms with E-state index in [0.29, 0.717) is 18.0 Å². The first kappa shape index (κ1) is 16.7. The van der Waals surface area contributed by atoms with Crippen LogP contribution in [-0.4, -0.2) is 29.8 Å². The van der Waals surface area contributed by atoms with Gasteiger partial charge in [-0.15, -0.1) is 0 Å². The summed E-state index contributed by atoms with van der Waals surface area (Å²) < 4.78 is 12.7. The Hall–Kier alpha value is -2.12. The topological polar surface area (TPSA) is 69.6 Å². The van der Waals surface area contributed by atoms with E-state index in [-0.39, 0.29) is 23.4 Å². The lowest BCUT2D eigenvalue weighted by atomic mass is 10.2. The fraction of sp³-hybridized carbons (Fsp3) is 0.412. The summed E-state index contributed by atoms with van der Waals surface area (Å²) in [4.78, 5) is 23.7. The fourth-order valence-corrected chi connectivity index (χ4v) is 3.30. The highest BCUT2D eigenvalue weighted by atomic mass is 32.1. The van der Waals surface area contributed by atoms with E-state index in [1.165, 1.54) is 4.57 Å². The SMILES string of the molecule is Cc1csc(=O)n1CC(=O)Nc1cccc(OCC2CCCO2)c1. The fourth-order valence-electron chi connectivity index (χ4n) is 2.57. The van der Waals surface area contributed by atoms with Gasteiger partial charge in [-0.2, -0.15) is 0 Å². The van der Waals surface area contributed by atoms with E-state index in [9.17, 15) is 9.59 Å². The van der Waals surface area contributed by atoms with Crippen molar-refractivity contribution in [1.29, 1.82) is 0 Å². The van der Waals surface area contributed by atoms with Gasteiger partial charge in [-0.25, -0.2) is 0 Å². The summed E-state index contributed by atoms with van der Waals surface area (Å²) in [6.45, 7) is 3.13. The van der Waals surface area contributed by atoms with Gasteiger partial charge < -0.3 is 14.8 Å². The van der Waals surface area contributed by atoms with Crippen molar-refractivity contribution < 1.29 is 14.3 Å². The number of carbonyl (C=O) groups is 1. The third-order valence-electron chi connectivity index (χ3n) is 3.86. The summed E-state index contributed by atoms with van der Waals surface area (Å²) in [6.07, 6.45) is 2.24. The quantitative estimate of drug-likeness (QED) is 0.870. The average molecular weight is 348 g/mol. The molecular formula is C17H20N2O4S. The molecule has 1 aliphatic heterocycles. The summed E-state index contributed by atoms with van der Waals surface area (Å²) in [5.74, 6) is 0.446. The molecule has 2 heterocycles. The maximum absolute atomic E-state index is 12.1. The largest absolute Gasteiger partial charge is 0.491 e. The van der Waals surface area contributed by atoms with Crippen molar-refractivity contribution in [2.75, 3.05) is 18.5 Å². The third-order valence-corrected chi connectivity index (χ3v) is 4.74. The average Bonchev–Trinajstić information content (AvgIpc) is 3.19. The lowest BCUT2D eigenvalue weighted by Crippen LogP contribution is -2.25. The summed E-state index contributed by atoms with van der Waals surface area (Å²) in [7, 11) is 0. The zero-order chi connectivity index (χ0) is 16.9. The first-order valence-electron chi connectivity index (χ1n) is 7.91. The molecule has 0 spiro atoms. The van der Waals surface area contributed by atoms with E-state index in [1.807, 2.05) is 19.1 Å². The molecule has 1 N–H and O–H groups in total. The van der Waals surface area contributed by atoms with Crippen LogP contribution in [0.1, 0.15) is 18.5 Å². The number of nitrogens with one attached hydrogen (secondary N) is 1. The monoisotopic (exact) mass is 348 g/mol. The molecule has 1 aromatic heterocycles. The zero-order valence-corrected chi connectivity index (χ0v) is 14.3. The van der Waals surface area contributed by atoms with Gasteiger partial charge in [0.25, 0.3) is 0 Å². The van der Waals surface area contributed by atoms with Crippen LogP contribution >= 0.6 is 11.3 Å². The number of ether oxygens (including phenoxy) is 2. The molecule has 2 aromatic rings. The number of nitrogens with zero attached hydrogens (tertiary/aromatic N) is 1. The molecule has 0 saturated carbocycles. The minimum absolute atomic E-state index is 0.00909. The van der Waals surface area contributed by atoms with Crippen molar-refractivity contribution in [1.82, 2.24) is 4.57 Å². The van der Waals surface area contributed by atoms with Crippen LogP contribution < -0.4 is 14.9 Å². The number of anilines is 1. The van der Waals surface area contributed by atoms with Crippen molar-refractivity contribution in [2.24, 2.45) is 0 Å². The normalized spacial score (nSPS) is 17.0. The molecule has 7 heteroatoms. The number of hydrogen-bond acceptors (Lipinski definition) is 5. The Kier molecular flexibility index (Phi) is 5.32. The van der Waals surface area contributed by atoms with Crippen LogP contribution in [0.3, 0.4) is 0 Å². The maximum Gasteiger partial charge on any atom is 0.307 e. The van der Waals surface area contributed by atoms with E-state index >= 15 is 0 Å². The molecule has 0 aliphatic carbocycles. The Balaban J connectivity index is 1.57. The predicted molar refractivity (Wildman–Crippen MR) is 92.9 cm³/mol. The number of aryl methyl sites for hydroxylation is 1. The van der Waals surface area contributed by atoms with Crippen LogP contribution in [0.2, 0.25) is 0 Å². The third kappa shape index (κ3) is 4.24. The number of carbonyl (C=O) groups excluding carboxylic acids is 1. The standard InChI is InChI=1S/C17H20N2O4S/c1-12-11-24-17(21)19(12)9-16(20)18-13-4-2-5-14(8-13)23-10-15-6-3-7-22-15/h2,4-5,8,11,15H,3,6-7,9-10H2,1H3,(H,18,20). The second kappa shape index (κ2) is 7.63. The Bertz CT molecular complexity index is 762. The Labute approximate surface area is 144 Å². The Morgan fingerprint density at radius 1 is 1.50 bits per heavy atom. The van der Waals surface area contributed by atoms with Crippen molar-refractivity contribution in [2.45, 2.75) is 32.4 Å². The van der Waals surface area contributed by atoms with Crippen molar-refractivity contribution in [3.8, 4) is 5.75 Å². The Morgan fingerprint density at radius 2 is 2.38 bits per heavy atom. The summed E-state index contributed by atoms with van der Waals surface area (Å²) >= 11 is 1.10. The molecule has 1 atom stereocenters. The van der Waals surface area contributed by atoms with Crippen LogP contribution in [0.15, 0.2) is 34.4 Å². The molecule has 24 heavy (non-hydrogen) atoms. The molecule has 1 aromatic carbocycles. The van der Waals surface area contributed by atoms with Gasteiger partial charge in [0.05, 0.1) is 6.10 Å². The minimum Gasteiger partial charge on any atom is -0.491 e. The molecule has 6 nitrogen and oxygen atoms in total. The van der Waals surface area contributed by atoms with E-state index in [1.54, 1.807) is 17.5 Å². The van der Waals surface area contributed by atoms with Gasteiger partial charge in [0.2, 0.25) is 5.91 Å². The zero-order valence-electron chi connectivity index (χ0n) is 13.5. The first-order valence-corrected chi connectivity index (χ1v) is 8.79. The number of amides is 1. The number of benzene rings is 1. The van der Waals surface area contributed by atoms with E-state index in [0.717, 1.165) is 36.5 Å². The molecule has 128 valence electrons. The predicted octanol–water partition coefficient (Wildman–Crippen LogP) is 2.41. The maximum atomic E-state index is 12.1. The van der Waals surface area contributed by atoms with Gasteiger partial charge in [0, 0.05) is 29.4 Å². The molecular weight excluding hydrogens is 328 g/mol. The second-order valence-electron chi connectivity index (χ2n) is 5.75. The van der Waals surface area contributed by atoms with Gasteiger partial charge >= 0.3 is 4.87 Å². The number of aromatic nitrogens is 1. The summed E-state index contributed by atoms with van der Waals surface area (Å²) in [5, 5.41) is 4.54. The lowest BCUT2D eigenvalue weighted by molar-refractivity contribution is -0.116. The second-order valence-corrected chi connectivity index (χ2v) is 6.57. The van der Waals surface area contributed by atoms with Crippen LogP contribution in [0, 0.1) is 6.92 Å². The molecule has 1 saturated heterocycles. The van der Waals surface area contributed by atoms with Crippen LogP contribution in [0.4, 0.5) is 5.69 Å². The summed E-state index contributed by atoms with van der Waals surface area (Å²) in [5.41, 5.74) is 1.43. The molecule has 1 amide bonds. The highest BCUT2D eigenvalue weighted by Gasteiger charge is 2.16. The van der Waals surface area contributed by atoms with E-state index in [2.05, 4.69) is 5.32 Å². The van der Waals surface area contributed by atoms with Gasteiger partial charge in [0.1, 0.15) is 18.9 Å². The molecule has 0 radical (unpaired) electrons. The minimum atomic E-state index is -0.241. The molecule has 3 rings (SSSR count). The van der Waals surface area contributed by atoms with Crippen LogP contribution in [-0.2, 0) is 16.1 Å². The summed E-state index contributed by atoms with van der Waals surface area (Å²) in [6, 6.07) is 7.23. The van der Waals surface area contributed by atoms with Gasteiger partial charge in [-0.3, -0.25) is 14.2 Å². The number of rotatable bonds is 6. The number of hydrogen-bond donors (Lipinski definition) is 1. The van der Waals surface area contributed by atoms with Gasteiger partial charge in [0.15, 0.2) is 0 Å². The molecule has 1 fully saturated rings. The van der Waals surface area contributed by atoms with E-state index < -0.39 is 0 Å². The molecule has 0 bridgehead atoms. The molecule has 1 unspecified atom stereocenters. The van der Waals surface area contributed by atoms with Crippen LogP contribution in [0.5, 0.6) is 5.75 Å². The lowest BCUT2D eigenvalue weighted by Gasteiger charge is -2.13. The van der Waals surface area contributed by atoms with Crippen molar-refractivity contribution in [3.63, 3.8) is 0 Å². The van der Waals surface area contributed by atoms with Gasteiger partial charge in [-0.1, -0.05) is 17.4 Å². The van der Waals surface area contributed by atoms with Gasteiger partial charge in [-0.05, 0) is 31.9 Å². The smallest absolute Gasteiger partial charge is 0.307 e. The number of thiazole rings is 1. The highest BCUT2D eigenvalue weighted by Crippen LogP contribution is 2.19. The van der Waals surface area contributed by atoms with Crippen LogP contribution in [0.25, 0.3) is 0 Å².